The van der Waals surface area contributed by atoms with Crippen molar-refractivity contribution in [3.05, 3.63) is 12.4 Å². The molecule has 0 spiro atoms. The smallest absolute Gasteiger partial charge is 0.222 e. The number of likely N-dealkylation sites (tertiary alicyclic amines) is 1. The highest BCUT2D eigenvalue weighted by Crippen LogP contribution is 2.23. The van der Waals surface area contributed by atoms with Crippen molar-refractivity contribution in [2.24, 2.45) is 5.92 Å². The molecule has 1 unspecified atom stereocenters. The lowest BCUT2D eigenvalue weighted by Gasteiger charge is -2.35. The second-order valence-corrected chi connectivity index (χ2v) is 5.70. The summed E-state index contributed by atoms with van der Waals surface area (Å²) in [7, 11) is 0. The summed E-state index contributed by atoms with van der Waals surface area (Å²) in [5, 5.41) is 0. The van der Waals surface area contributed by atoms with Gasteiger partial charge in [0.25, 0.3) is 0 Å². The van der Waals surface area contributed by atoms with Gasteiger partial charge in [-0.15, -0.1) is 0 Å². The molecule has 3 rings (SSSR count). The molecular formula is C14H21N5O. The molecule has 1 atom stereocenters. The van der Waals surface area contributed by atoms with Gasteiger partial charge < -0.3 is 15.5 Å². The van der Waals surface area contributed by atoms with Crippen molar-refractivity contribution in [2.45, 2.75) is 25.7 Å². The van der Waals surface area contributed by atoms with Gasteiger partial charge in [0.2, 0.25) is 5.91 Å². The van der Waals surface area contributed by atoms with Crippen molar-refractivity contribution in [3.63, 3.8) is 0 Å². The Labute approximate surface area is 119 Å². The molecule has 3 heterocycles. The van der Waals surface area contributed by atoms with Crippen LogP contribution in [0.4, 0.5) is 11.6 Å². The number of carbonyl (C=O) groups excluding carboxylic acids is 1. The largest absolute Gasteiger partial charge is 0.382 e. The maximum Gasteiger partial charge on any atom is 0.222 e. The van der Waals surface area contributed by atoms with E-state index >= 15 is 0 Å². The van der Waals surface area contributed by atoms with E-state index in [1.807, 2.05) is 4.90 Å². The van der Waals surface area contributed by atoms with Gasteiger partial charge in [-0.05, 0) is 25.2 Å². The van der Waals surface area contributed by atoms with Crippen LogP contribution in [-0.4, -0.2) is 47.0 Å². The van der Waals surface area contributed by atoms with E-state index in [4.69, 9.17) is 5.73 Å². The summed E-state index contributed by atoms with van der Waals surface area (Å²) < 4.78 is 0. The molecule has 2 aliphatic rings. The summed E-state index contributed by atoms with van der Waals surface area (Å²) >= 11 is 0. The van der Waals surface area contributed by atoms with E-state index in [0.717, 1.165) is 51.3 Å². The van der Waals surface area contributed by atoms with E-state index in [2.05, 4.69) is 14.9 Å². The van der Waals surface area contributed by atoms with Crippen LogP contribution in [0.3, 0.4) is 0 Å². The average molecular weight is 275 g/mol. The lowest BCUT2D eigenvalue weighted by atomic mass is 9.97. The van der Waals surface area contributed by atoms with Gasteiger partial charge in [-0.25, -0.2) is 4.98 Å². The predicted molar refractivity (Wildman–Crippen MR) is 77.2 cm³/mol. The normalized spacial score (nSPS) is 23.4. The third-order valence-electron chi connectivity index (χ3n) is 4.13. The Morgan fingerprint density at radius 2 is 2.20 bits per heavy atom. The Hall–Kier alpha value is -1.85. The number of hydrogen-bond donors (Lipinski definition) is 1. The lowest BCUT2D eigenvalue weighted by molar-refractivity contribution is -0.128. The third-order valence-corrected chi connectivity index (χ3v) is 4.13. The van der Waals surface area contributed by atoms with Gasteiger partial charge in [0, 0.05) is 32.6 Å². The number of rotatable bonds is 3. The Balaban J connectivity index is 1.63. The molecule has 6 nitrogen and oxygen atoms in total. The third kappa shape index (κ3) is 2.84. The zero-order valence-electron chi connectivity index (χ0n) is 11.7. The van der Waals surface area contributed by atoms with Crippen LogP contribution >= 0.6 is 0 Å². The zero-order chi connectivity index (χ0) is 13.9. The number of hydrogen-bond acceptors (Lipinski definition) is 5. The van der Waals surface area contributed by atoms with Gasteiger partial charge >= 0.3 is 0 Å². The first-order valence-electron chi connectivity index (χ1n) is 7.32. The molecule has 20 heavy (non-hydrogen) atoms. The van der Waals surface area contributed by atoms with Crippen LogP contribution < -0.4 is 10.6 Å². The fourth-order valence-electron chi connectivity index (χ4n) is 3.15. The van der Waals surface area contributed by atoms with Crippen LogP contribution in [0.25, 0.3) is 0 Å². The fourth-order valence-corrected chi connectivity index (χ4v) is 3.15. The van der Waals surface area contributed by atoms with Crippen LogP contribution in [0.1, 0.15) is 25.7 Å². The quantitative estimate of drug-likeness (QED) is 0.887. The summed E-state index contributed by atoms with van der Waals surface area (Å²) in [5.41, 5.74) is 5.70. The Bertz CT molecular complexity index is 492. The number of anilines is 2. The number of aromatic nitrogens is 2. The summed E-state index contributed by atoms with van der Waals surface area (Å²) in [4.78, 5) is 24.4. The Kier molecular flexibility index (Phi) is 3.71. The van der Waals surface area contributed by atoms with Gasteiger partial charge in [0.15, 0.2) is 0 Å². The maximum absolute atomic E-state index is 11.7. The van der Waals surface area contributed by atoms with Gasteiger partial charge in [-0.2, -0.15) is 0 Å². The number of carbonyl (C=O) groups is 1. The molecule has 2 fully saturated rings. The number of piperidine rings is 1. The molecule has 0 aliphatic carbocycles. The van der Waals surface area contributed by atoms with Crippen LogP contribution in [-0.2, 0) is 4.79 Å². The molecule has 0 radical (unpaired) electrons. The second kappa shape index (κ2) is 5.64. The van der Waals surface area contributed by atoms with E-state index in [1.165, 1.54) is 6.42 Å². The highest BCUT2D eigenvalue weighted by atomic mass is 16.2. The van der Waals surface area contributed by atoms with Crippen molar-refractivity contribution < 1.29 is 4.79 Å². The fraction of sp³-hybridized carbons (Fsp3) is 0.643. The highest BCUT2D eigenvalue weighted by Gasteiger charge is 2.27. The number of amides is 1. The first-order valence-corrected chi connectivity index (χ1v) is 7.32. The number of nitrogens with zero attached hydrogens (tertiary/aromatic N) is 4. The molecule has 6 heteroatoms. The maximum atomic E-state index is 11.7. The molecule has 1 aromatic heterocycles. The molecule has 1 aromatic rings. The minimum Gasteiger partial charge on any atom is -0.382 e. The summed E-state index contributed by atoms with van der Waals surface area (Å²) in [6.07, 6.45) is 7.36. The molecular weight excluding hydrogens is 254 g/mol. The van der Waals surface area contributed by atoms with Crippen molar-refractivity contribution in [3.8, 4) is 0 Å². The van der Waals surface area contributed by atoms with Crippen molar-refractivity contribution in [2.75, 3.05) is 36.8 Å². The molecule has 2 aliphatic heterocycles. The Morgan fingerprint density at radius 1 is 1.30 bits per heavy atom. The van der Waals surface area contributed by atoms with Crippen LogP contribution in [0.2, 0.25) is 0 Å². The molecule has 2 N–H and O–H groups in total. The number of nitrogen functional groups attached to an aromatic ring is 1. The molecule has 0 aromatic carbocycles. The molecule has 0 saturated carbocycles. The molecule has 0 bridgehead atoms. The van der Waals surface area contributed by atoms with E-state index < -0.39 is 0 Å². The average Bonchev–Trinajstić information content (AvgIpc) is 2.85. The first kappa shape index (κ1) is 13.1. The highest BCUT2D eigenvalue weighted by molar-refractivity contribution is 5.78. The van der Waals surface area contributed by atoms with Crippen molar-refractivity contribution in [1.29, 1.82) is 0 Å². The Morgan fingerprint density at radius 3 is 2.95 bits per heavy atom. The predicted octanol–water partition coefficient (Wildman–Crippen LogP) is 0.898. The van der Waals surface area contributed by atoms with E-state index in [0.29, 0.717) is 17.6 Å². The van der Waals surface area contributed by atoms with Gasteiger partial charge in [-0.3, -0.25) is 9.78 Å². The molecule has 1 amide bonds. The van der Waals surface area contributed by atoms with Crippen LogP contribution in [0, 0.1) is 5.92 Å². The lowest BCUT2D eigenvalue weighted by Crippen LogP contribution is -2.41. The van der Waals surface area contributed by atoms with Crippen LogP contribution in [0.5, 0.6) is 0 Å². The summed E-state index contributed by atoms with van der Waals surface area (Å²) in [6, 6.07) is 0. The van der Waals surface area contributed by atoms with Gasteiger partial charge in [0.1, 0.15) is 11.6 Å². The monoisotopic (exact) mass is 275 g/mol. The molecule has 108 valence electrons. The number of nitrogens with two attached hydrogens (primary N) is 1. The van der Waals surface area contributed by atoms with Crippen molar-refractivity contribution in [1.82, 2.24) is 14.9 Å². The first-order chi connectivity index (χ1) is 9.72. The van der Waals surface area contributed by atoms with E-state index in [1.54, 1.807) is 12.4 Å². The summed E-state index contributed by atoms with van der Waals surface area (Å²) in [6.45, 7) is 3.73. The van der Waals surface area contributed by atoms with E-state index in [9.17, 15) is 4.79 Å². The topological polar surface area (TPSA) is 75.3 Å². The summed E-state index contributed by atoms with van der Waals surface area (Å²) in [5.74, 6) is 2.14. The minimum atomic E-state index is 0.311. The SMILES string of the molecule is Nc1cncc(N2CCCC(CN3CCCC3=O)C2)n1. The van der Waals surface area contributed by atoms with Crippen LogP contribution in [0.15, 0.2) is 12.4 Å². The van der Waals surface area contributed by atoms with Gasteiger partial charge in [-0.1, -0.05) is 0 Å². The van der Waals surface area contributed by atoms with Gasteiger partial charge in [0.05, 0.1) is 12.4 Å². The second-order valence-electron chi connectivity index (χ2n) is 5.70. The minimum absolute atomic E-state index is 0.311. The van der Waals surface area contributed by atoms with E-state index in [-0.39, 0.29) is 0 Å². The molecule has 2 saturated heterocycles. The standard InChI is InChI=1S/C14H21N5O/c15-12-7-16-8-13(17-12)18-5-1-3-11(9-18)10-19-6-2-4-14(19)20/h7-8,11H,1-6,9-10H2,(H2,15,17). The van der Waals surface area contributed by atoms with Crippen molar-refractivity contribution >= 4 is 17.5 Å². The zero-order valence-corrected chi connectivity index (χ0v) is 11.7.